The maximum absolute atomic E-state index is 12.4. The minimum Gasteiger partial charge on any atom is -0.352 e. The predicted octanol–water partition coefficient (Wildman–Crippen LogP) is 3.99. The van der Waals surface area contributed by atoms with Crippen molar-refractivity contribution in [1.82, 2.24) is 20.0 Å². The summed E-state index contributed by atoms with van der Waals surface area (Å²) in [6.45, 7) is 13.1. The lowest BCUT2D eigenvalue weighted by atomic mass is 10.2. The third-order valence-corrected chi connectivity index (χ3v) is 5.17. The molecule has 1 N–H and O–H groups in total. The minimum absolute atomic E-state index is 0.0357. The van der Waals surface area contributed by atoms with Crippen LogP contribution in [0.3, 0.4) is 0 Å². The highest BCUT2D eigenvalue weighted by molar-refractivity contribution is 5.76. The average molecular weight is 410 g/mol. The Kier molecular flexibility index (Phi) is 11.5. The number of rotatable bonds is 15. The number of aryl methyl sites for hydroxylation is 2. The molecule has 0 saturated carbocycles. The van der Waals surface area contributed by atoms with Crippen LogP contribution in [-0.4, -0.2) is 51.2 Å². The van der Waals surface area contributed by atoms with Gasteiger partial charge in [0.15, 0.2) is 0 Å². The van der Waals surface area contributed by atoms with E-state index < -0.39 is 4.92 Å². The van der Waals surface area contributed by atoms with E-state index in [1.165, 1.54) is 38.5 Å². The number of carbonyl (C=O) groups excluding carboxylic acids is 1. The molecule has 1 rings (SSSR count). The molecule has 8 nitrogen and oxygen atoms in total. The van der Waals surface area contributed by atoms with E-state index in [9.17, 15) is 14.9 Å². The Balaban J connectivity index is 2.50. The first kappa shape index (κ1) is 25.1. The van der Waals surface area contributed by atoms with Crippen LogP contribution in [0.5, 0.6) is 0 Å². The number of carbonyl (C=O) groups is 1. The maximum atomic E-state index is 12.4. The normalized spacial score (nSPS) is 12.3. The zero-order valence-electron chi connectivity index (χ0n) is 18.9. The number of nitrogens with zero attached hydrogens (tertiary/aromatic N) is 4. The highest BCUT2D eigenvalue weighted by Gasteiger charge is 2.22. The zero-order valence-corrected chi connectivity index (χ0v) is 18.9. The monoisotopic (exact) mass is 409 g/mol. The summed E-state index contributed by atoms with van der Waals surface area (Å²) in [4.78, 5) is 25.5. The Labute approximate surface area is 175 Å². The van der Waals surface area contributed by atoms with Crippen LogP contribution in [0.4, 0.5) is 5.69 Å². The topological polar surface area (TPSA) is 93.3 Å². The first-order valence-electron chi connectivity index (χ1n) is 11.0. The summed E-state index contributed by atoms with van der Waals surface area (Å²) in [5, 5.41) is 18.4. The van der Waals surface area contributed by atoms with Crippen molar-refractivity contribution in [3.05, 3.63) is 21.5 Å². The van der Waals surface area contributed by atoms with Crippen molar-refractivity contribution < 1.29 is 9.72 Å². The van der Waals surface area contributed by atoms with Crippen molar-refractivity contribution in [2.24, 2.45) is 0 Å². The molecule has 8 heteroatoms. The highest BCUT2D eigenvalue weighted by atomic mass is 16.6. The molecule has 0 aliphatic rings. The van der Waals surface area contributed by atoms with E-state index in [2.05, 4.69) is 29.2 Å². The number of unbranched alkanes of at least 4 members (excludes halogenated alkanes) is 4. The van der Waals surface area contributed by atoms with Gasteiger partial charge in [0.1, 0.15) is 11.4 Å². The third kappa shape index (κ3) is 8.94. The van der Waals surface area contributed by atoms with Crippen LogP contribution >= 0.6 is 0 Å². The number of nitro groups is 1. The smallest absolute Gasteiger partial charge is 0.312 e. The molecule has 29 heavy (non-hydrogen) atoms. The van der Waals surface area contributed by atoms with Gasteiger partial charge in [0.2, 0.25) is 5.91 Å². The Morgan fingerprint density at radius 2 is 1.76 bits per heavy atom. The van der Waals surface area contributed by atoms with Crippen molar-refractivity contribution in [2.75, 3.05) is 19.6 Å². The fourth-order valence-corrected chi connectivity index (χ4v) is 3.62. The lowest BCUT2D eigenvalue weighted by Crippen LogP contribution is -2.43. The molecule has 0 aromatic carbocycles. The van der Waals surface area contributed by atoms with Gasteiger partial charge in [0.05, 0.1) is 11.5 Å². The van der Waals surface area contributed by atoms with Gasteiger partial charge in [-0.3, -0.25) is 19.6 Å². The fraction of sp³-hybridized carbons (Fsp3) is 0.810. The van der Waals surface area contributed by atoms with Crippen LogP contribution < -0.4 is 5.32 Å². The molecular formula is C21H39N5O3. The van der Waals surface area contributed by atoms with Gasteiger partial charge >= 0.3 is 5.69 Å². The molecule has 166 valence electrons. The quantitative estimate of drug-likeness (QED) is 0.269. The Morgan fingerprint density at radius 1 is 1.17 bits per heavy atom. The molecule has 0 saturated heterocycles. The van der Waals surface area contributed by atoms with Crippen LogP contribution in [0.25, 0.3) is 0 Å². The van der Waals surface area contributed by atoms with Gasteiger partial charge < -0.3 is 10.2 Å². The van der Waals surface area contributed by atoms with E-state index in [-0.39, 0.29) is 24.1 Å². The highest BCUT2D eigenvalue weighted by Crippen LogP contribution is 2.21. The first-order valence-corrected chi connectivity index (χ1v) is 11.0. The molecule has 0 radical (unpaired) electrons. The molecule has 0 spiro atoms. The van der Waals surface area contributed by atoms with Gasteiger partial charge in [-0.05, 0) is 46.7 Å². The van der Waals surface area contributed by atoms with E-state index in [4.69, 9.17) is 0 Å². The lowest BCUT2D eigenvalue weighted by Gasteiger charge is -2.26. The number of hydrogen-bond acceptors (Lipinski definition) is 5. The summed E-state index contributed by atoms with van der Waals surface area (Å²) in [5.41, 5.74) is 0.913. The van der Waals surface area contributed by atoms with E-state index in [0.717, 1.165) is 19.6 Å². The second-order valence-corrected chi connectivity index (χ2v) is 7.93. The van der Waals surface area contributed by atoms with Gasteiger partial charge in [0, 0.05) is 19.0 Å². The van der Waals surface area contributed by atoms with E-state index in [1.807, 2.05) is 6.92 Å². The predicted molar refractivity (Wildman–Crippen MR) is 116 cm³/mol. The summed E-state index contributed by atoms with van der Waals surface area (Å²) >= 11 is 0. The zero-order chi connectivity index (χ0) is 21.8. The van der Waals surface area contributed by atoms with Gasteiger partial charge in [-0.1, -0.05) is 39.5 Å². The summed E-state index contributed by atoms with van der Waals surface area (Å²) in [7, 11) is 0. The average Bonchev–Trinajstić information content (AvgIpc) is 2.93. The van der Waals surface area contributed by atoms with Crippen LogP contribution in [-0.2, 0) is 11.3 Å². The number of amides is 1. The van der Waals surface area contributed by atoms with Gasteiger partial charge in [0.25, 0.3) is 0 Å². The molecule has 1 aromatic heterocycles. The summed E-state index contributed by atoms with van der Waals surface area (Å²) < 4.78 is 1.56. The van der Waals surface area contributed by atoms with Crippen molar-refractivity contribution in [1.29, 1.82) is 0 Å². The van der Waals surface area contributed by atoms with Crippen LogP contribution in [0.15, 0.2) is 0 Å². The van der Waals surface area contributed by atoms with E-state index >= 15 is 0 Å². The van der Waals surface area contributed by atoms with E-state index in [0.29, 0.717) is 17.9 Å². The van der Waals surface area contributed by atoms with Gasteiger partial charge in [-0.25, -0.2) is 0 Å². The standard InChI is InChI=1S/C21H39N5O3/c1-6-8-10-13-24(14-11-9-7-2)16-17(3)22-20(27)12-15-25-19(5)21(26(28)29)18(4)23-25/h17H,6-16H2,1-5H3,(H,22,27). The third-order valence-electron chi connectivity index (χ3n) is 5.17. The Hall–Kier alpha value is -1.96. The van der Waals surface area contributed by atoms with Crippen LogP contribution in [0.1, 0.15) is 77.1 Å². The molecule has 0 bridgehead atoms. The molecule has 0 aliphatic heterocycles. The summed E-state index contributed by atoms with van der Waals surface area (Å²) in [6.07, 6.45) is 7.54. The Morgan fingerprint density at radius 3 is 2.24 bits per heavy atom. The molecular weight excluding hydrogens is 370 g/mol. The van der Waals surface area contributed by atoms with Crippen LogP contribution in [0.2, 0.25) is 0 Å². The maximum Gasteiger partial charge on any atom is 0.312 e. The molecule has 1 heterocycles. The van der Waals surface area contributed by atoms with Crippen molar-refractivity contribution in [2.45, 2.75) is 92.2 Å². The molecule has 1 atom stereocenters. The Bertz CT molecular complexity index is 635. The number of aromatic nitrogens is 2. The number of hydrogen-bond donors (Lipinski definition) is 1. The molecule has 1 unspecified atom stereocenters. The molecule has 1 aromatic rings. The second-order valence-electron chi connectivity index (χ2n) is 7.93. The summed E-state index contributed by atoms with van der Waals surface area (Å²) in [6, 6.07) is 0.0699. The van der Waals surface area contributed by atoms with Crippen LogP contribution in [0, 0.1) is 24.0 Å². The van der Waals surface area contributed by atoms with Crippen molar-refractivity contribution in [3.8, 4) is 0 Å². The first-order chi connectivity index (χ1) is 13.8. The van der Waals surface area contributed by atoms with Crippen molar-refractivity contribution >= 4 is 11.6 Å². The van der Waals surface area contributed by atoms with Crippen molar-refractivity contribution in [3.63, 3.8) is 0 Å². The number of nitrogens with one attached hydrogen (secondary N) is 1. The largest absolute Gasteiger partial charge is 0.352 e. The lowest BCUT2D eigenvalue weighted by molar-refractivity contribution is -0.386. The second kappa shape index (κ2) is 13.3. The minimum atomic E-state index is -0.415. The molecule has 0 fully saturated rings. The van der Waals surface area contributed by atoms with E-state index in [1.54, 1.807) is 18.5 Å². The summed E-state index contributed by atoms with van der Waals surface area (Å²) in [5.74, 6) is -0.0465. The molecule has 0 aliphatic carbocycles. The van der Waals surface area contributed by atoms with Gasteiger partial charge in [-0.2, -0.15) is 5.10 Å². The van der Waals surface area contributed by atoms with Gasteiger partial charge in [-0.15, -0.1) is 0 Å². The fourth-order valence-electron chi connectivity index (χ4n) is 3.62. The molecule has 1 amide bonds. The SMILES string of the molecule is CCCCCN(CCCCC)CC(C)NC(=O)CCn1nc(C)c([N+](=O)[O-])c1C.